The molecule has 0 radical (unpaired) electrons. The Hall–Kier alpha value is -3.41. The monoisotopic (exact) mass is 349 g/mol. The van der Waals surface area contributed by atoms with Crippen LogP contribution in [0.15, 0.2) is 60.8 Å². The molecule has 3 rings (SSSR count). The highest BCUT2D eigenvalue weighted by molar-refractivity contribution is 6.10. The van der Waals surface area contributed by atoms with Crippen molar-refractivity contribution in [1.29, 1.82) is 0 Å². The van der Waals surface area contributed by atoms with Crippen LogP contribution in [0.25, 0.3) is 10.9 Å². The van der Waals surface area contributed by atoms with E-state index < -0.39 is 0 Å². The second-order valence-corrected chi connectivity index (χ2v) is 5.90. The number of anilines is 1. The number of rotatable bonds is 5. The van der Waals surface area contributed by atoms with E-state index in [0.29, 0.717) is 17.0 Å². The van der Waals surface area contributed by atoms with E-state index in [1.54, 1.807) is 44.6 Å². The van der Waals surface area contributed by atoms with Crippen molar-refractivity contribution in [2.75, 3.05) is 26.0 Å². The molecule has 1 aromatic heterocycles. The average Bonchev–Trinajstić information content (AvgIpc) is 2.66. The molecule has 0 aliphatic heterocycles. The zero-order chi connectivity index (χ0) is 18.5. The van der Waals surface area contributed by atoms with Crippen LogP contribution < -0.4 is 10.1 Å². The number of fused-ring (bicyclic) bond motifs is 1. The summed E-state index contributed by atoms with van der Waals surface area (Å²) in [6.07, 6.45) is 1.71. The minimum Gasteiger partial charge on any atom is -0.483 e. The summed E-state index contributed by atoms with van der Waals surface area (Å²) in [5, 5.41) is 3.75. The third-order valence-electron chi connectivity index (χ3n) is 3.88. The van der Waals surface area contributed by atoms with Gasteiger partial charge in [0.1, 0.15) is 5.75 Å². The molecule has 3 aromatic rings. The number of hydrogen-bond donors (Lipinski definition) is 1. The molecule has 2 aromatic carbocycles. The Bertz CT molecular complexity index is 948. The Morgan fingerprint density at radius 3 is 2.65 bits per heavy atom. The molecular formula is C20H19N3O3. The first-order valence-electron chi connectivity index (χ1n) is 8.13. The summed E-state index contributed by atoms with van der Waals surface area (Å²) in [5.41, 5.74) is 1.83. The summed E-state index contributed by atoms with van der Waals surface area (Å²) in [7, 11) is 3.30. The quantitative estimate of drug-likeness (QED) is 0.769. The summed E-state index contributed by atoms with van der Waals surface area (Å²) in [4.78, 5) is 30.2. The van der Waals surface area contributed by atoms with E-state index in [9.17, 15) is 9.59 Å². The molecule has 132 valence electrons. The smallest absolute Gasteiger partial charge is 0.259 e. The number of nitrogens with zero attached hydrogens (tertiary/aromatic N) is 2. The zero-order valence-corrected chi connectivity index (χ0v) is 14.6. The molecule has 0 aliphatic rings. The van der Waals surface area contributed by atoms with Gasteiger partial charge in [-0.2, -0.15) is 0 Å². The number of hydrogen-bond acceptors (Lipinski definition) is 4. The molecule has 0 spiro atoms. The summed E-state index contributed by atoms with van der Waals surface area (Å²) in [5.74, 6) is -0.131. The Balaban J connectivity index is 1.83. The average molecular weight is 349 g/mol. The van der Waals surface area contributed by atoms with E-state index in [1.165, 1.54) is 4.90 Å². The lowest BCUT2D eigenvalue weighted by atomic mass is 10.1. The highest BCUT2D eigenvalue weighted by Crippen LogP contribution is 2.24. The van der Waals surface area contributed by atoms with E-state index >= 15 is 0 Å². The number of carbonyl (C=O) groups excluding carboxylic acids is 2. The van der Waals surface area contributed by atoms with Crippen LogP contribution >= 0.6 is 0 Å². The first kappa shape index (κ1) is 17.4. The standard InChI is InChI=1S/C20H19N3O3/c1-23(2)19(24)13-26-18-11-4-3-7-15(18)20(25)22-17-10-5-9-16-14(17)8-6-12-21-16/h3-12H,13H2,1-2H3,(H,22,25). The second-order valence-electron chi connectivity index (χ2n) is 5.90. The molecule has 26 heavy (non-hydrogen) atoms. The summed E-state index contributed by atoms with van der Waals surface area (Å²) >= 11 is 0. The van der Waals surface area contributed by atoms with Crippen LogP contribution in [0.2, 0.25) is 0 Å². The van der Waals surface area contributed by atoms with Crippen molar-refractivity contribution in [3.05, 3.63) is 66.4 Å². The highest BCUT2D eigenvalue weighted by atomic mass is 16.5. The molecule has 0 fully saturated rings. The summed E-state index contributed by atoms with van der Waals surface area (Å²) in [6.45, 7) is -0.129. The number of amides is 2. The van der Waals surface area contributed by atoms with Gasteiger partial charge in [-0.1, -0.05) is 18.2 Å². The lowest BCUT2D eigenvalue weighted by molar-refractivity contribution is -0.130. The number of benzene rings is 2. The number of pyridine rings is 1. The molecule has 0 bridgehead atoms. The van der Waals surface area contributed by atoms with Gasteiger partial charge in [-0.15, -0.1) is 0 Å². The van der Waals surface area contributed by atoms with Gasteiger partial charge in [0.15, 0.2) is 6.61 Å². The summed E-state index contributed by atoms with van der Waals surface area (Å²) < 4.78 is 5.54. The lowest BCUT2D eigenvalue weighted by Crippen LogP contribution is -2.28. The molecule has 6 heteroatoms. The maximum absolute atomic E-state index is 12.8. The number of nitrogens with one attached hydrogen (secondary N) is 1. The molecule has 0 saturated heterocycles. The normalized spacial score (nSPS) is 10.4. The van der Waals surface area contributed by atoms with Gasteiger partial charge in [-0.3, -0.25) is 14.6 Å². The van der Waals surface area contributed by atoms with Crippen molar-refractivity contribution in [1.82, 2.24) is 9.88 Å². The Morgan fingerprint density at radius 1 is 1.04 bits per heavy atom. The van der Waals surface area contributed by atoms with Crippen LogP contribution in [0.5, 0.6) is 5.75 Å². The van der Waals surface area contributed by atoms with E-state index in [-0.39, 0.29) is 18.4 Å². The second kappa shape index (κ2) is 7.65. The molecule has 0 aliphatic carbocycles. The number of ether oxygens (including phenoxy) is 1. The molecule has 2 amide bonds. The fraction of sp³-hybridized carbons (Fsp3) is 0.150. The van der Waals surface area contributed by atoms with Crippen LogP contribution in [0.3, 0.4) is 0 Å². The van der Waals surface area contributed by atoms with Crippen LogP contribution in [0.4, 0.5) is 5.69 Å². The maximum atomic E-state index is 12.8. The Labute approximate surface area is 151 Å². The van der Waals surface area contributed by atoms with Gasteiger partial charge < -0.3 is 15.0 Å². The number of para-hydroxylation sites is 1. The maximum Gasteiger partial charge on any atom is 0.259 e. The van der Waals surface area contributed by atoms with E-state index in [4.69, 9.17) is 4.74 Å². The van der Waals surface area contributed by atoms with Crippen molar-refractivity contribution in [3.8, 4) is 5.75 Å². The van der Waals surface area contributed by atoms with Crippen LogP contribution in [0, 0.1) is 0 Å². The van der Waals surface area contributed by atoms with Crippen LogP contribution in [-0.4, -0.2) is 42.4 Å². The number of aromatic nitrogens is 1. The number of likely N-dealkylation sites (N-methyl/N-ethyl adjacent to an activating group) is 1. The predicted molar refractivity (Wildman–Crippen MR) is 100 cm³/mol. The van der Waals surface area contributed by atoms with Crippen molar-refractivity contribution >= 4 is 28.4 Å². The van der Waals surface area contributed by atoms with Crippen molar-refractivity contribution in [2.45, 2.75) is 0 Å². The van der Waals surface area contributed by atoms with Gasteiger partial charge >= 0.3 is 0 Å². The largest absolute Gasteiger partial charge is 0.483 e. The van der Waals surface area contributed by atoms with Gasteiger partial charge in [0.25, 0.3) is 11.8 Å². The SMILES string of the molecule is CN(C)C(=O)COc1ccccc1C(=O)Nc1cccc2ncccc12. The van der Waals surface area contributed by atoms with Crippen LogP contribution in [-0.2, 0) is 4.79 Å². The first-order chi connectivity index (χ1) is 12.6. The molecular weight excluding hydrogens is 330 g/mol. The minimum absolute atomic E-state index is 0.129. The highest BCUT2D eigenvalue weighted by Gasteiger charge is 2.15. The molecule has 1 heterocycles. The van der Waals surface area contributed by atoms with Gasteiger partial charge in [-0.05, 0) is 36.4 Å². The molecule has 6 nitrogen and oxygen atoms in total. The third kappa shape index (κ3) is 3.80. The Morgan fingerprint density at radius 2 is 1.85 bits per heavy atom. The lowest BCUT2D eigenvalue weighted by Gasteiger charge is -2.14. The van der Waals surface area contributed by atoms with Gasteiger partial charge in [0.05, 0.1) is 16.8 Å². The molecule has 1 N–H and O–H groups in total. The minimum atomic E-state index is -0.311. The molecule has 0 unspecified atom stereocenters. The van der Waals surface area contributed by atoms with E-state index in [1.807, 2.05) is 30.3 Å². The van der Waals surface area contributed by atoms with Gasteiger partial charge in [0.2, 0.25) is 0 Å². The van der Waals surface area contributed by atoms with Crippen molar-refractivity contribution in [3.63, 3.8) is 0 Å². The fourth-order valence-electron chi connectivity index (χ4n) is 2.45. The van der Waals surface area contributed by atoms with Crippen molar-refractivity contribution in [2.24, 2.45) is 0 Å². The van der Waals surface area contributed by atoms with E-state index in [0.717, 1.165) is 10.9 Å². The number of carbonyl (C=O) groups is 2. The van der Waals surface area contributed by atoms with Crippen LogP contribution in [0.1, 0.15) is 10.4 Å². The fourth-order valence-corrected chi connectivity index (χ4v) is 2.45. The van der Waals surface area contributed by atoms with Gasteiger partial charge in [-0.25, -0.2) is 0 Å². The summed E-state index contributed by atoms with van der Waals surface area (Å²) in [6, 6.07) is 16.1. The third-order valence-corrected chi connectivity index (χ3v) is 3.88. The van der Waals surface area contributed by atoms with Gasteiger partial charge in [0, 0.05) is 25.7 Å². The van der Waals surface area contributed by atoms with E-state index in [2.05, 4.69) is 10.3 Å². The first-order valence-corrected chi connectivity index (χ1v) is 8.13. The molecule has 0 saturated carbocycles. The molecule has 0 atom stereocenters. The Kier molecular flexibility index (Phi) is 5.12. The topological polar surface area (TPSA) is 71.5 Å². The predicted octanol–water partition coefficient (Wildman–Crippen LogP) is 2.95. The van der Waals surface area contributed by atoms with Crippen molar-refractivity contribution < 1.29 is 14.3 Å². The zero-order valence-electron chi connectivity index (χ0n) is 14.6.